The second-order valence-corrected chi connectivity index (χ2v) is 6.53. The number of halogens is 1. The van der Waals surface area contributed by atoms with Crippen molar-refractivity contribution in [2.45, 2.75) is 13.8 Å². The molecule has 0 atom stereocenters. The first-order valence-electron chi connectivity index (χ1n) is 8.40. The van der Waals surface area contributed by atoms with Gasteiger partial charge in [-0.1, -0.05) is 29.8 Å². The molecule has 1 N–H and O–H groups in total. The van der Waals surface area contributed by atoms with Gasteiger partial charge in [-0.2, -0.15) is 0 Å². The van der Waals surface area contributed by atoms with Gasteiger partial charge >= 0.3 is 0 Å². The predicted octanol–water partition coefficient (Wildman–Crippen LogP) is 4.80. The van der Waals surface area contributed by atoms with Crippen molar-refractivity contribution in [3.63, 3.8) is 0 Å². The molecule has 0 aliphatic rings. The fourth-order valence-electron chi connectivity index (χ4n) is 2.71. The van der Waals surface area contributed by atoms with Gasteiger partial charge in [-0.3, -0.25) is 30.0 Å². The SMILES string of the molecule is Cc1cc(C=Nc2ccc(Cl)c([N+](=O)[O-])c2)c(C)n1NC(=O)c1ccccc1. The number of hydrogen-bond donors (Lipinski definition) is 1. The van der Waals surface area contributed by atoms with E-state index in [1.807, 2.05) is 26.0 Å². The summed E-state index contributed by atoms with van der Waals surface area (Å²) in [5.74, 6) is -0.223. The molecule has 3 rings (SSSR count). The largest absolute Gasteiger partial charge is 0.290 e. The third kappa shape index (κ3) is 4.10. The number of aromatic nitrogens is 1. The summed E-state index contributed by atoms with van der Waals surface area (Å²) >= 11 is 5.82. The second kappa shape index (κ2) is 8.06. The Labute approximate surface area is 166 Å². The Hall–Kier alpha value is -3.45. The van der Waals surface area contributed by atoms with E-state index in [9.17, 15) is 14.9 Å². The average molecular weight is 397 g/mol. The number of benzene rings is 2. The van der Waals surface area contributed by atoms with Gasteiger partial charge in [0.2, 0.25) is 0 Å². The molecule has 0 spiro atoms. The maximum absolute atomic E-state index is 12.4. The first-order valence-corrected chi connectivity index (χ1v) is 8.78. The van der Waals surface area contributed by atoms with Crippen molar-refractivity contribution in [3.05, 3.63) is 92.2 Å². The van der Waals surface area contributed by atoms with Crippen molar-refractivity contribution in [1.82, 2.24) is 4.68 Å². The van der Waals surface area contributed by atoms with Crippen LogP contribution in [0.4, 0.5) is 11.4 Å². The Bertz CT molecular complexity index is 1070. The molecule has 0 fully saturated rings. The Kier molecular flexibility index (Phi) is 5.56. The number of carbonyl (C=O) groups is 1. The maximum Gasteiger partial charge on any atom is 0.290 e. The summed E-state index contributed by atoms with van der Waals surface area (Å²) in [5, 5.41) is 11.1. The highest BCUT2D eigenvalue weighted by Crippen LogP contribution is 2.28. The van der Waals surface area contributed by atoms with Crippen LogP contribution >= 0.6 is 11.6 Å². The number of nitrogens with one attached hydrogen (secondary N) is 1. The molecule has 0 aliphatic heterocycles. The van der Waals surface area contributed by atoms with E-state index in [1.165, 1.54) is 12.1 Å². The van der Waals surface area contributed by atoms with Gasteiger partial charge in [-0.15, -0.1) is 0 Å². The average Bonchev–Trinajstić information content (AvgIpc) is 2.95. The Balaban J connectivity index is 1.84. The van der Waals surface area contributed by atoms with E-state index in [0.717, 1.165) is 17.0 Å². The van der Waals surface area contributed by atoms with Crippen molar-refractivity contribution < 1.29 is 9.72 Å². The van der Waals surface area contributed by atoms with Crippen LogP contribution in [0.5, 0.6) is 0 Å². The molecule has 1 amide bonds. The summed E-state index contributed by atoms with van der Waals surface area (Å²) < 4.78 is 1.68. The smallest absolute Gasteiger partial charge is 0.267 e. The lowest BCUT2D eigenvalue weighted by atomic mass is 10.2. The molecule has 1 aromatic heterocycles. The lowest BCUT2D eigenvalue weighted by Crippen LogP contribution is -2.24. The molecule has 0 saturated heterocycles. The molecule has 7 nitrogen and oxygen atoms in total. The summed E-state index contributed by atoms with van der Waals surface area (Å²) in [7, 11) is 0. The van der Waals surface area contributed by atoms with E-state index in [-0.39, 0.29) is 16.6 Å². The van der Waals surface area contributed by atoms with Crippen molar-refractivity contribution >= 4 is 35.1 Å². The highest BCUT2D eigenvalue weighted by Gasteiger charge is 2.13. The lowest BCUT2D eigenvalue weighted by molar-refractivity contribution is -0.384. The highest BCUT2D eigenvalue weighted by atomic mass is 35.5. The zero-order chi connectivity index (χ0) is 20.3. The topological polar surface area (TPSA) is 89.5 Å². The van der Waals surface area contributed by atoms with Crippen molar-refractivity contribution in [2.24, 2.45) is 4.99 Å². The third-order valence-electron chi connectivity index (χ3n) is 4.20. The molecule has 0 saturated carbocycles. The van der Waals surface area contributed by atoms with E-state index in [4.69, 9.17) is 11.6 Å². The van der Waals surface area contributed by atoms with Crippen LogP contribution in [0, 0.1) is 24.0 Å². The summed E-state index contributed by atoms with van der Waals surface area (Å²) in [6.45, 7) is 3.71. The van der Waals surface area contributed by atoms with Crippen molar-refractivity contribution in [2.75, 3.05) is 5.43 Å². The van der Waals surface area contributed by atoms with Crippen molar-refractivity contribution in [1.29, 1.82) is 0 Å². The first-order chi connectivity index (χ1) is 13.4. The number of nitro benzene ring substituents is 1. The van der Waals surface area contributed by atoms with Crippen molar-refractivity contribution in [3.8, 4) is 0 Å². The normalized spacial score (nSPS) is 11.0. The number of aliphatic imine (C=N–C) groups is 1. The van der Waals surface area contributed by atoms with Gasteiger partial charge in [0.25, 0.3) is 11.6 Å². The van der Waals surface area contributed by atoms with E-state index >= 15 is 0 Å². The number of aryl methyl sites for hydroxylation is 1. The van der Waals surface area contributed by atoms with Gasteiger partial charge in [0.1, 0.15) is 5.02 Å². The summed E-state index contributed by atoms with van der Waals surface area (Å²) in [4.78, 5) is 27.1. The third-order valence-corrected chi connectivity index (χ3v) is 4.52. The molecular weight excluding hydrogens is 380 g/mol. The number of amides is 1. The van der Waals surface area contributed by atoms with E-state index < -0.39 is 4.92 Å². The van der Waals surface area contributed by atoms with Gasteiger partial charge in [-0.25, -0.2) is 0 Å². The molecule has 28 heavy (non-hydrogen) atoms. The predicted molar refractivity (Wildman–Crippen MR) is 109 cm³/mol. The zero-order valence-electron chi connectivity index (χ0n) is 15.2. The Morgan fingerprint density at radius 1 is 1.18 bits per heavy atom. The molecule has 0 radical (unpaired) electrons. The molecule has 1 heterocycles. The summed E-state index contributed by atoms with van der Waals surface area (Å²) in [6.07, 6.45) is 1.60. The van der Waals surface area contributed by atoms with Gasteiger partial charge in [0.15, 0.2) is 0 Å². The molecule has 0 aliphatic carbocycles. The van der Waals surface area contributed by atoms with Gasteiger partial charge in [-0.05, 0) is 44.2 Å². The molecule has 0 unspecified atom stereocenters. The summed E-state index contributed by atoms with van der Waals surface area (Å²) in [5.41, 5.74) is 6.01. The number of hydrogen-bond acceptors (Lipinski definition) is 4. The van der Waals surface area contributed by atoms with E-state index in [0.29, 0.717) is 11.3 Å². The van der Waals surface area contributed by atoms with Crippen LogP contribution in [-0.2, 0) is 0 Å². The van der Waals surface area contributed by atoms with E-state index in [1.54, 1.807) is 41.2 Å². The van der Waals surface area contributed by atoms with E-state index in [2.05, 4.69) is 10.4 Å². The number of nitro groups is 1. The maximum atomic E-state index is 12.4. The van der Waals surface area contributed by atoms with Crippen LogP contribution in [0.25, 0.3) is 0 Å². The van der Waals surface area contributed by atoms with Crippen LogP contribution in [0.15, 0.2) is 59.6 Å². The second-order valence-electron chi connectivity index (χ2n) is 6.12. The molecule has 8 heteroatoms. The van der Waals surface area contributed by atoms with Crippen LogP contribution < -0.4 is 5.43 Å². The molecule has 3 aromatic rings. The zero-order valence-corrected chi connectivity index (χ0v) is 16.0. The van der Waals surface area contributed by atoms with Crippen LogP contribution in [0.1, 0.15) is 27.3 Å². The van der Waals surface area contributed by atoms with Crippen LogP contribution in [0.2, 0.25) is 5.02 Å². The van der Waals surface area contributed by atoms with Gasteiger partial charge in [0, 0.05) is 34.8 Å². The van der Waals surface area contributed by atoms with Gasteiger partial charge in [0.05, 0.1) is 10.6 Å². The Morgan fingerprint density at radius 3 is 2.57 bits per heavy atom. The quantitative estimate of drug-likeness (QED) is 0.381. The molecule has 142 valence electrons. The standard InChI is InChI=1S/C20H17ClN4O3/c1-13-10-16(12-22-17-8-9-18(21)19(11-17)25(27)28)14(2)24(13)23-20(26)15-6-4-3-5-7-15/h3-12H,1-2H3,(H,23,26). The molecule has 0 bridgehead atoms. The van der Waals surface area contributed by atoms with Crippen LogP contribution in [-0.4, -0.2) is 21.7 Å². The first kappa shape index (κ1) is 19.3. The van der Waals surface area contributed by atoms with Gasteiger partial charge < -0.3 is 0 Å². The fraction of sp³-hybridized carbons (Fsp3) is 0.100. The lowest BCUT2D eigenvalue weighted by Gasteiger charge is -2.11. The molecule has 2 aromatic carbocycles. The molecular formula is C20H17ClN4O3. The van der Waals surface area contributed by atoms with Crippen LogP contribution in [0.3, 0.4) is 0 Å². The Morgan fingerprint density at radius 2 is 1.89 bits per heavy atom. The number of carbonyl (C=O) groups excluding carboxylic acids is 1. The summed E-state index contributed by atoms with van der Waals surface area (Å²) in [6, 6.07) is 15.1. The fourth-order valence-corrected chi connectivity index (χ4v) is 2.90. The monoisotopic (exact) mass is 396 g/mol. The number of nitrogens with zero attached hydrogens (tertiary/aromatic N) is 3. The number of rotatable bonds is 5. The minimum absolute atomic E-state index is 0.0609. The highest BCUT2D eigenvalue weighted by molar-refractivity contribution is 6.32. The minimum Gasteiger partial charge on any atom is -0.267 e. The minimum atomic E-state index is -0.549.